The van der Waals surface area contributed by atoms with Crippen LogP contribution in [0, 0.1) is 29.6 Å². The molecule has 0 bridgehead atoms. The van der Waals surface area contributed by atoms with Gasteiger partial charge in [0.2, 0.25) is 0 Å². The van der Waals surface area contributed by atoms with Gasteiger partial charge in [0.05, 0.1) is 12.5 Å². The number of hydrogen-bond acceptors (Lipinski definition) is 4. The lowest BCUT2D eigenvalue weighted by Gasteiger charge is -2.14. The molecule has 3 atom stereocenters. The summed E-state index contributed by atoms with van der Waals surface area (Å²) in [4.78, 5) is 24.1. The summed E-state index contributed by atoms with van der Waals surface area (Å²) in [6, 6.07) is 0. The normalized spacial score (nSPS) is 27.3. The van der Waals surface area contributed by atoms with Crippen molar-refractivity contribution in [1.82, 2.24) is 0 Å². The molecule has 0 aromatic heterocycles. The van der Waals surface area contributed by atoms with Gasteiger partial charge >= 0.3 is 11.9 Å². The predicted molar refractivity (Wildman–Crippen MR) is 96.3 cm³/mol. The number of carbonyl (C=O) groups is 2. The Bertz CT molecular complexity index is 687. The van der Waals surface area contributed by atoms with Crippen LogP contribution in [0.4, 0.5) is 0 Å². The molecule has 0 aromatic rings. The second kappa shape index (κ2) is 7.31. The molecule has 25 heavy (non-hydrogen) atoms. The predicted octanol–water partition coefficient (Wildman–Crippen LogP) is 3.59. The molecular weight excluding hydrogens is 316 g/mol. The molecule has 0 spiro atoms. The fourth-order valence-electron chi connectivity index (χ4n) is 3.54. The van der Waals surface area contributed by atoms with Crippen LogP contribution in [-0.2, 0) is 19.1 Å². The van der Waals surface area contributed by atoms with Gasteiger partial charge in [-0.05, 0) is 41.9 Å². The first-order chi connectivity index (χ1) is 11.7. The molecule has 1 fully saturated rings. The van der Waals surface area contributed by atoms with Crippen LogP contribution < -0.4 is 0 Å². The van der Waals surface area contributed by atoms with Crippen LogP contribution in [0.15, 0.2) is 35.5 Å². The third-order valence-corrected chi connectivity index (χ3v) is 5.25. The summed E-state index contributed by atoms with van der Waals surface area (Å²) in [6.45, 7) is 12.1. The van der Waals surface area contributed by atoms with Crippen molar-refractivity contribution in [1.29, 1.82) is 0 Å². The van der Waals surface area contributed by atoms with Crippen molar-refractivity contribution in [3.8, 4) is 12.3 Å². The maximum absolute atomic E-state index is 12.6. The number of esters is 2. The Hall–Kier alpha value is -2.28. The molecule has 2 rings (SSSR count). The molecule has 3 unspecified atom stereocenters. The highest BCUT2D eigenvalue weighted by molar-refractivity contribution is 5.83. The van der Waals surface area contributed by atoms with E-state index in [1.165, 1.54) is 6.08 Å². The first-order valence-corrected chi connectivity index (χ1v) is 8.60. The van der Waals surface area contributed by atoms with Gasteiger partial charge in [-0.3, -0.25) is 4.79 Å². The van der Waals surface area contributed by atoms with E-state index in [4.69, 9.17) is 15.9 Å². The van der Waals surface area contributed by atoms with E-state index in [0.717, 1.165) is 16.7 Å². The highest BCUT2D eigenvalue weighted by atomic mass is 16.5. The number of ether oxygens (including phenoxy) is 2. The van der Waals surface area contributed by atoms with Crippen LogP contribution in [-0.4, -0.2) is 24.6 Å². The van der Waals surface area contributed by atoms with Crippen molar-refractivity contribution < 1.29 is 19.1 Å². The lowest BCUT2D eigenvalue weighted by Crippen LogP contribution is -2.20. The fraction of sp³-hybridized carbons (Fsp3) is 0.524. The number of allylic oxidation sites excluding steroid dienone is 2. The van der Waals surface area contributed by atoms with Crippen LogP contribution in [0.25, 0.3) is 0 Å². The Morgan fingerprint density at radius 1 is 1.44 bits per heavy atom. The minimum Gasteiger partial charge on any atom is -0.463 e. The quantitative estimate of drug-likeness (QED) is 0.420. The van der Waals surface area contributed by atoms with Gasteiger partial charge < -0.3 is 9.47 Å². The first kappa shape index (κ1) is 19.1. The van der Waals surface area contributed by atoms with Crippen molar-refractivity contribution in [2.45, 2.75) is 46.6 Å². The summed E-state index contributed by atoms with van der Waals surface area (Å²) < 4.78 is 10.6. The summed E-state index contributed by atoms with van der Waals surface area (Å²) >= 11 is 0. The molecule has 0 aliphatic heterocycles. The number of hydrogen-bond donors (Lipinski definition) is 0. The van der Waals surface area contributed by atoms with Gasteiger partial charge in [0.15, 0.2) is 0 Å². The van der Waals surface area contributed by atoms with Gasteiger partial charge in [-0.25, -0.2) is 4.79 Å². The Kier molecular flexibility index (Phi) is 5.57. The van der Waals surface area contributed by atoms with E-state index in [1.807, 2.05) is 20.8 Å². The molecule has 134 valence electrons. The van der Waals surface area contributed by atoms with Gasteiger partial charge in [-0.1, -0.05) is 26.5 Å². The van der Waals surface area contributed by atoms with E-state index < -0.39 is 0 Å². The van der Waals surface area contributed by atoms with Crippen LogP contribution in [0.3, 0.4) is 0 Å². The standard InChI is InChI=1S/C21H26O4/c1-7-9-15-13(3)12-17(14(15)4)25-20(23)19-16(21(19,5)6)10-11-18(22)24-8-2/h1,10-11,16-17,19H,3,8-9,12H2,2,4-6H3. The Morgan fingerprint density at radius 2 is 2.12 bits per heavy atom. The second-order valence-electron chi connectivity index (χ2n) is 7.21. The largest absolute Gasteiger partial charge is 0.463 e. The first-order valence-electron chi connectivity index (χ1n) is 8.60. The zero-order chi connectivity index (χ0) is 18.8. The summed E-state index contributed by atoms with van der Waals surface area (Å²) in [5.74, 6) is 1.73. The highest BCUT2D eigenvalue weighted by Crippen LogP contribution is 2.59. The smallest absolute Gasteiger partial charge is 0.330 e. The third-order valence-electron chi connectivity index (χ3n) is 5.25. The van der Waals surface area contributed by atoms with E-state index in [1.54, 1.807) is 13.0 Å². The Labute approximate surface area is 150 Å². The average molecular weight is 342 g/mol. The molecule has 0 radical (unpaired) electrons. The minimum absolute atomic E-state index is 0.0246. The van der Waals surface area contributed by atoms with Gasteiger partial charge in [-0.15, -0.1) is 12.3 Å². The third kappa shape index (κ3) is 3.87. The highest BCUT2D eigenvalue weighted by Gasteiger charge is 2.61. The van der Waals surface area contributed by atoms with Crippen molar-refractivity contribution in [2.24, 2.45) is 17.3 Å². The average Bonchev–Trinajstić information content (AvgIpc) is 2.99. The van der Waals surface area contributed by atoms with Gasteiger partial charge in [0.1, 0.15) is 6.10 Å². The fourth-order valence-corrected chi connectivity index (χ4v) is 3.54. The molecule has 0 amide bonds. The van der Waals surface area contributed by atoms with Crippen LogP contribution in [0.5, 0.6) is 0 Å². The molecule has 4 nitrogen and oxygen atoms in total. The van der Waals surface area contributed by atoms with Crippen molar-refractivity contribution in [2.75, 3.05) is 6.61 Å². The van der Waals surface area contributed by atoms with Crippen molar-refractivity contribution >= 4 is 11.9 Å². The van der Waals surface area contributed by atoms with E-state index in [-0.39, 0.29) is 35.3 Å². The van der Waals surface area contributed by atoms with Crippen LogP contribution >= 0.6 is 0 Å². The van der Waals surface area contributed by atoms with Gasteiger partial charge in [-0.2, -0.15) is 0 Å². The van der Waals surface area contributed by atoms with Crippen molar-refractivity contribution in [3.63, 3.8) is 0 Å². The van der Waals surface area contributed by atoms with E-state index in [0.29, 0.717) is 19.4 Å². The van der Waals surface area contributed by atoms with Gasteiger partial charge in [0, 0.05) is 18.9 Å². The van der Waals surface area contributed by atoms with Gasteiger partial charge in [0.25, 0.3) is 0 Å². The molecule has 2 aliphatic carbocycles. The maximum Gasteiger partial charge on any atom is 0.330 e. The minimum atomic E-state index is -0.387. The zero-order valence-electron chi connectivity index (χ0n) is 15.4. The van der Waals surface area contributed by atoms with E-state index in [9.17, 15) is 9.59 Å². The summed E-state index contributed by atoms with van der Waals surface area (Å²) in [5, 5.41) is 0. The van der Waals surface area contributed by atoms with Crippen LogP contribution in [0.2, 0.25) is 0 Å². The number of rotatable bonds is 6. The van der Waals surface area contributed by atoms with Crippen LogP contribution in [0.1, 0.15) is 40.5 Å². The summed E-state index contributed by atoms with van der Waals surface area (Å²) in [6.07, 6.45) is 9.38. The van der Waals surface area contributed by atoms with Crippen molar-refractivity contribution in [3.05, 3.63) is 35.5 Å². The molecule has 0 N–H and O–H groups in total. The molecule has 1 saturated carbocycles. The topological polar surface area (TPSA) is 52.6 Å². The zero-order valence-corrected chi connectivity index (χ0v) is 15.4. The Balaban J connectivity index is 2.01. The second-order valence-corrected chi connectivity index (χ2v) is 7.21. The number of carbonyl (C=O) groups excluding carboxylic acids is 2. The molecule has 4 heteroatoms. The summed E-state index contributed by atoms with van der Waals surface area (Å²) in [5.41, 5.74) is 2.74. The monoisotopic (exact) mass is 342 g/mol. The number of terminal acetylenes is 1. The SMILES string of the molecule is C#CCC1=C(C)C(OC(=O)C2C(C=CC(=O)OCC)C2(C)C)CC1=C. The lowest BCUT2D eigenvalue weighted by molar-refractivity contribution is -0.149. The maximum atomic E-state index is 12.6. The lowest BCUT2D eigenvalue weighted by atomic mass is 10.1. The molecule has 0 heterocycles. The van der Waals surface area contributed by atoms with E-state index >= 15 is 0 Å². The van der Waals surface area contributed by atoms with E-state index in [2.05, 4.69) is 12.5 Å². The summed E-state index contributed by atoms with van der Waals surface area (Å²) in [7, 11) is 0. The molecule has 0 aromatic carbocycles. The molecule has 0 saturated heterocycles. The molecule has 2 aliphatic rings. The Morgan fingerprint density at radius 3 is 2.72 bits per heavy atom. The molecular formula is C21H26O4.